The van der Waals surface area contributed by atoms with E-state index in [1.54, 1.807) is 13.8 Å². The molecule has 0 aromatic heterocycles. The van der Waals surface area contributed by atoms with Gasteiger partial charge in [0.25, 0.3) is 0 Å². The number of alkyl halides is 1. The highest BCUT2D eigenvalue weighted by Gasteiger charge is 2.73. The van der Waals surface area contributed by atoms with Crippen LogP contribution < -0.4 is 4.84 Å². The number of aliphatic hydroxyl groups excluding tert-OH is 1. The molecule has 9 atom stereocenters. The first-order valence-electron chi connectivity index (χ1n) is 15.8. The number of aliphatic hydroxyl groups is 1. The highest BCUT2D eigenvalue weighted by molar-refractivity contribution is 6.21. The van der Waals surface area contributed by atoms with Crippen molar-refractivity contribution in [3.05, 3.63) is 53.6 Å². The normalized spacial score (nSPS) is 38.2. The first-order valence-corrected chi connectivity index (χ1v) is 16.2. The Kier molecular flexibility index (Phi) is 8.91. The molecule has 9 heteroatoms. The van der Waals surface area contributed by atoms with Gasteiger partial charge in [-0.1, -0.05) is 63.6 Å². The number of ether oxygens (including phenoxy) is 2. The van der Waals surface area contributed by atoms with Gasteiger partial charge in [0.05, 0.1) is 6.10 Å². The number of rotatable bonds is 8. The van der Waals surface area contributed by atoms with Crippen LogP contribution in [0.25, 0.3) is 0 Å². The third kappa shape index (κ3) is 5.22. The smallest absolute Gasteiger partial charge is 0.306 e. The van der Waals surface area contributed by atoms with Gasteiger partial charge in [-0.15, -0.1) is 11.6 Å². The summed E-state index contributed by atoms with van der Waals surface area (Å²) in [5, 5.41) is 16.1. The topological polar surface area (TPSA) is 111 Å². The van der Waals surface area contributed by atoms with E-state index in [-0.39, 0.29) is 48.3 Å². The van der Waals surface area contributed by atoms with Crippen LogP contribution in [0.1, 0.15) is 72.3 Å². The van der Waals surface area contributed by atoms with Gasteiger partial charge >= 0.3 is 11.9 Å². The summed E-state index contributed by atoms with van der Waals surface area (Å²) in [6.45, 7) is 10.9. The Labute approximate surface area is 264 Å². The van der Waals surface area contributed by atoms with E-state index in [1.165, 1.54) is 0 Å². The lowest BCUT2D eigenvalue weighted by molar-refractivity contribution is -0.205. The first kappa shape index (κ1) is 32.4. The van der Waals surface area contributed by atoms with Crippen molar-refractivity contribution >= 4 is 35.0 Å². The number of hydrogen-bond acceptors (Lipinski definition) is 8. The van der Waals surface area contributed by atoms with Crippen LogP contribution in [-0.4, -0.2) is 52.2 Å². The lowest BCUT2D eigenvalue weighted by Crippen LogP contribution is -2.65. The van der Waals surface area contributed by atoms with Crippen LogP contribution in [0.4, 0.5) is 0 Å². The molecule has 8 nitrogen and oxygen atoms in total. The zero-order chi connectivity index (χ0) is 32.0. The van der Waals surface area contributed by atoms with Gasteiger partial charge in [-0.05, 0) is 67.9 Å². The predicted molar refractivity (Wildman–Crippen MR) is 167 cm³/mol. The minimum Gasteiger partial charge on any atom is -0.457 e. The summed E-state index contributed by atoms with van der Waals surface area (Å²) < 4.78 is 11.4. The third-order valence-corrected chi connectivity index (χ3v) is 11.4. The second kappa shape index (κ2) is 12.1. The van der Waals surface area contributed by atoms with Gasteiger partial charge in [-0.2, -0.15) is 0 Å². The Morgan fingerprint density at radius 1 is 1.14 bits per heavy atom. The Morgan fingerprint density at radius 3 is 2.55 bits per heavy atom. The van der Waals surface area contributed by atoms with Gasteiger partial charge in [0.2, 0.25) is 5.78 Å². The molecule has 0 aliphatic heterocycles. The molecule has 0 spiro atoms. The van der Waals surface area contributed by atoms with Gasteiger partial charge < -0.3 is 19.4 Å². The SMILES string of the molecule is CCC(=O)OCC(=O)[C@]1(OC(=O)CC)[C@H](C)C[C@H]2[C@H]3[C@H]([C@@H](O)C[C@@]21C)[C@@]1(C)C=C/C(=N\Oc2cccc(C)c2)C=C1C[C@H]3Cl. The molecule has 1 aromatic carbocycles. The van der Waals surface area contributed by atoms with Crippen molar-refractivity contribution in [3.63, 3.8) is 0 Å². The molecule has 5 rings (SSSR count). The molecule has 1 N–H and O–H groups in total. The van der Waals surface area contributed by atoms with E-state index in [2.05, 4.69) is 18.2 Å². The largest absolute Gasteiger partial charge is 0.457 e. The number of nitrogens with zero attached hydrogens (tertiary/aromatic N) is 1. The number of carbonyl (C=O) groups is 3. The number of carbonyl (C=O) groups excluding carboxylic acids is 3. The molecule has 0 amide bonds. The lowest BCUT2D eigenvalue weighted by atomic mass is 9.46. The minimum atomic E-state index is -1.55. The van der Waals surface area contributed by atoms with E-state index in [0.717, 1.165) is 11.1 Å². The molecule has 4 aliphatic rings. The molecule has 3 fully saturated rings. The minimum absolute atomic E-state index is 0.0957. The maximum Gasteiger partial charge on any atom is 0.306 e. The number of allylic oxidation sites excluding steroid dienone is 4. The maximum atomic E-state index is 14.1. The predicted octanol–water partition coefficient (Wildman–Crippen LogP) is 6.12. The highest BCUT2D eigenvalue weighted by Crippen LogP contribution is 2.69. The van der Waals surface area contributed by atoms with Crippen molar-refractivity contribution < 1.29 is 33.8 Å². The summed E-state index contributed by atoms with van der Waals surface area (Å²) in [5.41, 5.74) is -0.128. The molecule has 0 unspecified atom stereocenters. The maximum absolute atomic E-state index is 14.1. The summed E-state index contributed by atoms with van der Waals surface area (Å²) in [7, 11) is 0. The lowest BCUT2D eigenvalue weighted by Gasteiger charge is -2.61. The van der Waals surface area contributed by atoms with Crippen LogP contribution in [0, 0.1) is 41.4 Å². The van der Waals surface area contributed by atoms with Crippen molar-refractivity contribution in [2.45, 2.75) is 90.7 Å². The second-order valence-electron chi connectivity index (χ2n) is 13.5. The van der Waals surface area contributed by atoms with Gasteiger partial charge in [0.1, 0.15) is 5.71 Å². The first-order chi connectivity index (χ1) is 20.8. The van der Waals surface area contributed by atoms with Crippen molar-refractivity contribution in [1.29, 1.82) is 0 Å². The van der Waals surface area contributed by atoms with Crippen LogP contribution in [0.15, 0.2) is 53.2 Å². The molecule has 3 saturated carbocycles. The number of aryl methyl sites for hydroxylation is 1. The molecule has 0 heterocycles. The van der Waals surface area contributed by atoms with E-state index in [1.807, 2.05) is 57.2 Å². The molecule has 44 heavy (non-hydrogen) atoms. The third-order valence-electron chi connectivity index (χ3n) is 10.9. The van der Waals surface area contributed by atoms with Crippen LogP contribution in [0.2, 0.25) is 0 Å². The fourth-order valence-corrected chi connectivity index (χ4v) is 9.38. The Morgan fingerprint density at radius 2 is 1.86 bits per heavy atom. The summed E-state index contributed by atoms with van der Waals surface area (Å²) in [6, 6.07) is 7.69. The fourth-order valence-electron chi connectivity index (χ4n) is 8.88. The molecule has 238 valence electrons. The zero-order valence-corrected chi connectivity index (χ0v) is 27.2. The van der Waals surface area contributed by atoms with Gasteiger partial charge in [-0.25, -0.2) is 0 Å². The number of hydrogen-bond donors (Lipinski definition) is 1. The fraction of sp³-hybridized carbons (Fsp3) is 0.600. The van der Waals surface area contributed by atoms with Gasteiger partial charge in [-0.3, -0.25) is 14.4 Å². The van der Waals surface area contributed by atoms with Crippen molar-refractivity contribution in [3.8, 4) is 5.75 Å². The summed E-state index contributed by atoms with van der Waals surface area (Å²) in [6.07, 6.45) is 6.85. The monoisotopic (exact) mass is 625 g/mol. The van der Waals surface area contributed by atoms with Crippen LogP contribution >= 0.6 is 11.6 Å². The molecular formula is C35H44ClNO7. The van der Waals surface area contributed by atoms with Gasteiger partial charge in [0.15, 0.2) is 18.0 Å². The van der Waals surface area contributed by atoms with Crippen LogP contribution in [0.5, 0.6) is 5.75 Å². The summed E-state index contributed by atoms with van der Waals surface area (Å²) in [5.74, 6) is -1.64. The summed E-state index contributed by atoms with van der Waals surface area (Å²) in [4.78, 5) is 44.6. The highest BCUT2D eigenvalue weighted by atomic mass is 35.5. The molecular weight excluding hydrogens is 582 g/mol. The van der Waals surface area contributed by atoms with E-state index in [4.69, 9.17) is 25.9 Å². The molecule has 0 saturated heterocycles. The number of Topliss-reactive ketones (excluding diaryl/α,β-unsaturated/α-hetero) is 1. The Bertz CT molecular complexity index is 1420. The Hall–Kier alpha value is -2.97. The Balaban J connectivity index is 1.48. The summed E-state index contributed by atoms with van der Waals surface area (Å²) >= 11 is 7.27. The number of benzene rings is 1. The molecule has 0 bridgehead atoms. The number of halogens is 1. The average Bonchev–Trinajstić information content (AvgIpc) is 3.20. The van der Waals surface area contributed by atoms with E-state index >= 15 is 0 Å². The molecule has 4 aliphatic carbocycles. The van der Waals surface area contributed by atoms with Gasteiger partial charge in [0, 0.05) is 40.9 Å². The van der Waals surface area contributed by atoms with Crippen molar-refractivity contribution in [2.24, 2.45) is 39.7 Å². The average molecular weight is 626 g/mol. The van der Waals surface area contributed by atoms with Crippen LogP contribution in [0.3, 0.4) is 0 Å². The number of oxime groups is 1. The number of ketones is 1. The molecule has 1 aromatic rings. The van der Waals surface area contributed by atoms with E-state index < -0.39 is 46.9 Å². The van der Waals surface area contributed by atoms with Crippen LogP contribution in [-0.2, 0) is 23.9 Å². The number of esters is 2. The van der Waals surface area contributed by atoms with E-state index in [0.29, 0.717) is 24.3 Å². The molecule has 0 radical (unpaired) electrons. The standard InChI is InChI=1S/C35H44ClNO7/c1-7-29(40)42-19-28(39)35(43-30(41)8-2)21(4)15-25-31-26(36)17-22-16-23(37-44-24-11-9-10-20(3)14-24)12-13-33(22,5)32(31)27(38)18-34(25,35)6/h9-14,16,21,25-27,31-32,38H,7-8,15,17-19H2,1-6H3/b37-23+/t21-,25+,26-,27+,31-,32+,33+,34+,35-/m1/s1. The zero-order valence-electron chi connectivity index (χ0n) is 26.5. The van der Waals surface area contributed by atoms with Crippen molar-refractivity contribution in [1.82, 2.24) is 0 Å². The van der Waals surface area contributed by atoms with E-state index in [9.17, 15) is 19.5 Å². The quantitative estimate of drug-likeness (QED) is 0.211. The second-order valence-corrected chi connectivity index (χ2v) is 14.0. The number of fused-ring (bicyclic) bond motifs is 5. The van der Waals surface area contributed by atoms with Crippen molar-refractivity contribution in [2.75, 3.05) is 6.61 Å².